The fourth-order valence-electron chi connectivity index (χ4n) is 3.26. The molecule has 0 saturated carbocycles. The first kappa shape index (κ1) is 18.9. The van der Waals surface area contributed by atoms with Gasteiger partial charge in [-0.05, 0) is 56.7 Å². The maximum absolute atomic E-state index is 13.0. The highest BCUT2D eigenvalue weighted by Gasteiger charge is 2.41. The van der Waals surface area contributed by atoms with Crippen LogP contribution in [0, 0.1) is 6.92 Å². The predicted molar refractivity (Wildman–Crippen MR) is 101 cm³/mol. The smallest absolute Gasteiger partial charge is 0.303 e. The maximum atomic E-state index is 13.0. The minimum absolute atomic E-state index is 0.0198. The Bertz CT molecular complexity index is 1130. The van der Waals surface area contributed by atoms with Crippen molar-refractivity contribution in [3.05, 3.63) is 53.4 Å². The monoisotopic (exact) mass is 397 g/mol. The minimum atomic E-state index is -1.14. The molecule has 0 bridgehead atoms. The lowest BCUT2D eigenvalue weighted by Gasteiger charge is -2.38. The minimum Gasteiger partial charge on any atom is -0.476 e. The number of nitrogens with zero attached hydrogens (tertiary/aromatic N) is 3. The van der Waals surface area contributed by atoms with Gasteiger partial charge in [-0.25, -0.2) is 4.98 Å². The Labute approximate surface area is 165 Å². The number of aryl methyl sites for hydroxylation is 1. The highest BCUT2D eigenvalue weighted by Crippen LogP contribution is 2.39. The Hall–Kier alpha value is -3.43. The molecule has 150 valence electrons. The number of fused-ring (bicyclic) bond motifs is 2. The van der Waals surface area contributed by atoms with Crippen molar-refractivity contribution in [1.82, 2.24) is 10.2 Å². The van der Waals surface area contributed by atoms with Gasteiger partial charge in [0.05, 0.1) is 5.69 Å². The Kier molecular flexibility index (Phi) is 4.29. The van der Waals surface area contributed by atoms with Gasteiger partial charge in [-0.15, -0.1) is 0 Å². The van der Waals surface area contributed by atoms with Crippen LogP contribution in [0.25, 0.3) is 11.1 Å². The van der Waals surface area contributed by atoms with Crippen molar-refractivity contribution in [3.8, 4) is 5.75 Å². The molecule has 9 nitrogen and oxygen atoms in total. The van der Waals surface area contributed by atoms with Crippen molar-refractivity contribution < 1.29 is 29.2 Å². The fourth-order valence-corrected chi connectivity index (χ4v) is 3.26. The van der Waals surface area contributed by atoms with Gasteiger partial charge in [0.1, 0.15) is 17.8 Å². The van der Waals surface area contributed by atoms with Crippen LogP contribution in [-0.4, -0.2) is 38.0 Å². The second kappa shape index (κ2) is 6.57. The lowest BCUT2D eigenvalue weighted by molar-refractivity contribution is -0.260. The summed E-state index contributed by atoms with van der Waals surface area (Å²) in [7, 11) is 0. The summed E-state index contributed by atoms with van der Waals surface area (Å²) in [6.45, 7) is 5.24. The van der Waals surface area contributed by atoms with Crippen molar-refractivity contribution >= 4 is 28.6 Å². The Morgan fingerprint density at radius 3 is 2.69 bits per heavy atom. The summed E-state index contributed by atoms with van der Waals surface area (Å²) >= 11 is 0. The first-order valence-corrected chi connectivity index (χ1v) is 8.89. The van der Waals surface area contributed by atoms with Crippen LogP contribution in [0.4, 0.5) is 5.69 Å². The second-order valence-corrected chi connectivity index (χ2v) is 7.36. The molecule has 2 aromatic carbocycles. The van der Waals surface area contributed by atoms with Crippen LogP contribution in [0.5, 0.6) is 5.75 Å². The molecule has 4 rings (SSSR count). The molecule has 2 heterocycles. The van der Waals surface area contributed by atoms with Gasteiger partial charge < -0.3 is 9.15 Å². The van der Waals surface area contributed by atoms with Crippen molar-refractivity contribution in [3.63, 3.8) is 0 Å². The zero-order chi connectivity index (χ0) is 20.9. The van der Waals surface area contributed by atoms with E-state index in [1.165, 1.54) is 23.1 Å². The van der Waals surface area contributed by atoms with Gasteiger partial charge in [0, 0.05) is 5.56 Å². The molecule has 0 saturated heterocycles. The Balaban J connectivity index is 1.77. The molecule has 1 aromatic heterocycles. The second-order valence-electron chi connectivity index (χ2n) is 7.36. The van der Waals surface area contributed by atoms with Crippen molar-refractivity contribution in [2.45, 2.75) is 32.9 Å². The zero-order valence-corrected chi connectivity index (χ0v) is 16.0. The number of amides is 2. The predicted octanol–water partition coefficient (Wildman–Crippen LogP) is 3.06. The fraction of sp³-hybridized carbons (Fsp3) is 0.250. The number of ether oxygens (including phenoxy) is 1. The third kappa shape index (κ3) is 3.30. The molecule has 1 aliphatic rings. The normalized spacial score (nSPS) is 15.2. The molecular formula is C20H19N3O6. The molecule has 29 heavy (non-hydrogen) atoms. The number of aromatic nitrogens is 1. The van der Waals surface area contributed by atoms with Gasteiger partial charge in [-0.1, -0.05) is 11.3 Å². The van der Waals surface area contributed by atoms with E-state index >= 15 is 0 Å². The van der Waals surface area contributed by atoms with E-state index in [2.05, 4.69) is 4.98 Å². The van der Waals surface area contributed by atoms with Crippen molar-refractivity contribution in [2.24, 2.45) is 0 Å². The van der Waals surface area contributed by atoms with Crippen molar-refractivity contribution in [2.75, 3.05) is 4.90 Å². The van der Waals surface area contributed by atoms with E-state index in [-0.39, 0.29) is 18.0 Å². The largest absolute Gasteiger partial charge is 0.476 e. The Morgan fingerprint density at radius 2 is 1.97 bits per heavy atom. The van der Waals surface area contributed by atoms with Crippen LogP contribution in [0.15, 0.2) is 40.8 Å². The number of hydroxylamine groups is 2. The molecule has 2 amide bonds. The molecule has 0 radical (unpaired) electrons. The molecule has 0 aliphatic carbocycles. The molecule has 2 N–H and O–H groups in total. The lowest BCUT2D eigenvalue weighted by atomic mass is 10.0. The summed E-state index contributed by atoms with van der Waals surface area (Å²) in [5.74, 6) is -0.689. The topological polar surface area (TPSA) is 116 Å². The van der Waals surface area contributed by atoms with E-state index in [1.807, 2.05) is 25.1 Å². The summed E-state index contributed by atoms with van der Waals surface area (Å²) in [6, 6.07) is 9.86. The summed E-state index contributed by atoms with van der Waals surface area (Å²) in [5.41, 5.74) is 1.45. The van der Waals surface area contributed by atoms with Gasteiger partial charge in [-0.2, -0.15) is 0 Å². The first-order valence-electron chi connectivity index (χ1n) is 8.89. The summed E-state index contributed by atoms with van der Waals surface area (Å²) in [5, 5.41) is 17.5. The lowest BCUT2D eigenvalue weighted by Crippen LogP contribution is -2.52. The SMILES string of the molecule is Cc1ccc2nc(CN3C(=O)C(C)(C)Oc4ccc(C(=O)N(O)O)cc43)oc2c1. The Morgan fingerprint density at radius 1 is 1.21 bits per heavy atom. The van der Waals surface area contributed by atoms with Crippen LogP contribution < -0.4 is 9.64 Å². The van der Waals surface area contributed by atoms with Crippen LogP contribution in [0.2, 0.25) is 0 Å². The van der Waals surface area contributed by atoms with Gasteiger partial charge >= 0.3 is 5.91 Å². The molecule has 0 fully saturated rings. The molecule has 0 atom stereocenters. The highest BCUT2D eigenvalue weighted by atomic mass is 16.8. The number of benzene rings is 2. The van der Waals surface area contributed by atoms with Crippen LogP contribution in [0.1, 0.15) is 35.7 Å². The highest BCUT2D eigenvalue weighted by molar-refractivity contribution is 6.04. The van der Waals surface area contributed by atoms with Crippen LogP contribution >= 0.6 is 0 Å². The number of carbonyl (C=O) groups is 2. The quantitative estimate of drug-likeness (QED) is 0.515. The third-order valence-electron chi connectivity index (χ3n) is 4.69. The number of hydrogen-bond donors (Lipinski definition) is 2. The van der Waals surface area contributed by atoms with Crippen LogP contribution in [0.3, 0.4) is 0 Å². The van der Waals surface area contributed by atoms with Gasteiger partial charge in [0.15, 0.2) is 11.2 Å². The van der Waals surface area contributed by atoms with E-state index in [0.29, 0.717) is 28.4 Å². The average molecular weight is 397 g/mol. The molecule has 0 spiro atoms. The molecule has 0 unspecified atom stereocenters. The summed E-state index contributed by atoms with van der Waals surface area (Å²) in [4.78, 5) is 30.8. The number of rotatable bonds is 3. The van der Waals surface area contributed by atoms with E-state index in [4.69, 9.17) is 19.6 Å². The first-order chi connectivity index (χ1) is 13.7. The third-order valence-corrected chi connectivity index (χ3v) is 4.69. The van der Waals surface area contributed by atoms with Crippen molar-refractivity contribution in [1.29, 1.82) is 0 Å². The molecule has 9 heteroatoms. The summed E-state index contributed by atoms with van der Waals surface area (Å²) in [6.07, 6.45) is 0. The number of anilines is 1. The number of carbonyl (C=O) groups excluding carboxylic acids is 2. The van der Waals surface area contributed by atoms with E-state index in [0.717, 1.165) is 5.56 Å². The average Bonchev–Trinajstić information content (AvgIpc) is 3.05. The van der Waals surface area contributed by atoms with Gasteiger partial charge in [0.25, 0.3) is 5.91 Å². The van der Waals surface area contributed by atoms with E-state index in [1.54, 1.807) is 13.8 Å². The molecule has 3 aromatic rings. The number of oxazole rings is 1. The van der Waals surface area contributed by atoms with Crippen LogP contribution in [-0.2, 0) is 11.3 Å². The summed E-state index contributed by atoms with van der Waals surface area (Å²) < 4.78 is 11.6. The van der Waals surface area contributed by atoms with Gasteiger partial charge in [-0.3, -0.25) is 24.9 Å². The van der Waals surface area contributed by atoms with E-state index in [9.17, 15) is 9.59 Å². The van der Waals surface area contributed by atoms with Gasteiger partial charge in [0.2, 0.25) is 5.89 Å². The zero-order valence-electron chi connectivity index (χ0n) is 16.0. The number of hydrogen-bond acceptors (Lipinski definition) is 7. The standard InChI is InChI=1S/C20H19N3O6/c1-11-4-6-13-16(8-11)28-17(21-13)10-22-14-9-12(18(24)23(26)27)5-7-15(14)29-20(2,3)19(22)25/h4-9,26-27H,10H2,1-3H3. The molecular weight excluding hydrogens is 378 g/mol. The maximum Gasteiger partial charge on any atom is 0.303 e. The van der Waals surface area contributed by atoms with E-state index < -0.39 is 16.7 Å². The molecule has 1 aliphatic heterocycles.